The van der Waals surface area contributed by atoms with Gasteiger partial charge in [-0.25, -0.2) is 0 Å². The molecule has 0 aliphatic heterocycles. The summed E-state index contributed by atoms with van der Waals surface area (Å²) in [6.07, 6.45) is 4.76. The van der Waals surface area contributed by atoms with E-state index in [2.05, 4.69) is 34.2 Å². The van der Waals surface area contributed by atoms with Crippen LogP contribution in [0.3, 0.4) is 0 Å². The molecule has 1 saturated carbocycles. The minimum Gasteiger partial charge on any atom is -0.484 e. The van der Waals surface area contributed by atoms with Crippen LogP contribution in [0.4, 0.5) is 0 Å². The van der Waals surface area contributed by atoms with Gasteiger partial charge in [-0.3, -0.25) is 4.79 Å². The van der Waals surface area contributed by atoms with E-state index in [1.807, 2.05) is 30.3 Å². The molecule has 0 unspecified atom stereocenters. The van der Waals surface area contributed by atoms with Crippen LogP contribution in [0.1, 0.15) is 32.6 Å². The number of benzene rings is 2. The van der Waals surface area contributed by atoms with Crippen molar-refractivity contribution in [1.29, 1.82) is 0 Å². The highest BCUT2D eigenvalue weighted by Gasteiger charge is 2.22. The molecule has 2 atom stereocenters. The van der Waals surface area contributed by atoms with Crippen LogP contribution in [0.5, 0.6) is 5.75 Å². The van der Waals surface area contributed by atoms with Crippen molar-refractivity contribution < 1.29 is 9.53 Å². The molecule has 0 heterocycles. The van der Waals surface area contributed by atoms with E-state index in [1.165, 1.54) is 19.3 Å². The number of nitrogens with one attached hydrogen (secondary N) is 1. The molecule has 23 heavy (non-hydrogen) atoms. The fourth-order valence-corrected chi connectivity index (χ4v) is 3.59. The SMILES string of the molecule is C[C@@H]1CCCC[C@H]1NC(=O)COc1ccc2cc(Br)ccc2c1. The number of fused-ring (bicyclic) bond motifs is 1. The Balaban J connectivity index is 1.57. The number of carbonyl (C=O) groups is 1. The molecule has 1 aliphatic rings. The second kappa shape index (κ2) is 7.35. The van der Waals surface area contributed by atoms with Gasteiger partial charge in [0.1, 0.15) is 5.75 Å². The van der Waals surface area contributed by atoms with Crippen LogP contribution in [0.2, 0.25) is 0 Å². The Morgan fingerprint density at radius 2 is 1.91 bits per heavy atom. The van der Waals surface area contributed by atoms with Gasteiger partial charge in [-0.05, 0) is 53.8 Å². The fourth-order valence-electron chi connectivity index (χ4n) is 3.21. The number of halogens is 1. The van der Waals surface area contributed by atoms with Gasteiger partial charge >= 0.3 is 0 Å². The van der Waals surface area contributed by atoms with Gasteiger partial charge in [-0.2, -0.15) is 0 Å². The minimum atomic E-state index is -0.0281. The molecule has 0 spiro atoms. The Labute approximate surface area is 145 Å². The van der Waals surface area contributed by atoms with E-state index >= 15 is 0 Å². The Morgan fingerprint density at radius 3 is 2.74 bits per heavy atom. The zero-order valence-electron chi connectivity index (χ0n) is 13.3. The largest absolute Gasteiger partial charge is 0.484 e. The second-order valence-electron chi connectivity index (χ2n) is 6.38. The van der Waals surface area contributed by atoms with E-state index < -0.39 is 0 Å². The molecule has 3 nitrogen and oxygen atoms in total. The number of hydrogen-bond acceptors (Lipinski definition) is 2. The first kappa shape index (κ1) is 16.3. The van der Waals surface area contributed by atoms with Crippen molar-refractivity contribution in [3.8, 4) is 5.75 Å². The van der Waals surface area contributed by atoms with Crippen molar-refractivity contribution >= 4 is 32.6 Å². The quantitative estimate of drug-likeness (QED) is 0.842. The maximum Gasteiger partial charge on any atom is 0.258 e. The summed E-state index contributed by atoms with van der Waals surface area (Å²) in [7, 11) is 0. The Hall–Kier alpha value is -1.55. The molecular formula is C19H22BrNO2. The number of amides is 1. The monoisotopic (exact) mass is 375 g/mol. The normalized spacial score (nSPS) is 21.1. The molecular weight excluding hydrogens is 354 g/mol. The molecule has 1 amide bonds. The van der Waals surface area contributed by atoms with Crippen molar-refractivity contribution in [2.75, 3.05) is 6.61 Å². The van der Waals surface area contributed by atoms with Crippen molar-refractivity contribution in [2.24, 2.45) is 5.92 Å². The van der Waals surface area contributed by atoms with E-state index in [1.54, 1.807) is 0 Å². The van der Waals surface area contributed by atoms with Crippen LogP contribution >= 0.6 is 15.9 Å². The molecule has 0 aromatic heterocycles. The smallest absolute Gasteiger partial charge is 0.258 e. The van der Waals surface area contributed by atoms with Crippen molar-refractivity contribution in [3.63, 3.8) is 0 Å². The molecule has 0 bridgehead atoms. The zero-order valence-corrected chi connectivity index (χ0v) is 14.9. The van der Waals surface area contributed by atoms with Crippen LogP contribution in [-0.4, -0.2) is 18.6 Å². The molecule has 3 rings (SSSR count). The molecule has 1 fully saturated rings. The van der Waals surface area contributed by atoms with Gasteiger partial charge in [-0.15, -0.1) is 0 Å². The number of hydrogen-bond donors (Lipinski definition) is 1. The van der Waals surface area contributed by atoms with Gasteiger partial charge in [0.15, 0.2) is 6.61 Å². The van der Waals surface area contributed by atoms with Gasteiger partial charge in [0.05, 0.1) is 0 Å². The van der Waals surface area contributed by atoms with Crippen molar-refractivity contribution in [2.45, 2.75) is 38.6 Å². The number of ether oxygens (including phenoxy) is 1. The maximum absolute atomic E-state index is 12.1. The first-order chi connectivity index (χ1) is 11.1. The highest BCUT2D eigenvalue weighted by molar-refractivity contribution is 9.10. The van der Waals surface area contributed by atoms with Crippen LogP contribution in [0, 0.1) is 5.92 Å². The van der Waals surface area contributed by atoms with Gasteiger partial charge in [0.2, 0.25) is 0 Å². The molecule has 2 aromatic carbocycles. The summed E-state index contributed by atoms with van der Waals surface area (Å²) < 4.78 is 6.71. The maximum atomic E-state index is 12.1. The van der Waals surface area contributed by atoms with Gasteiger partial charge in [0.25, 0.3) is 5.91 Å². The lowest BCUT2D eigenvalue weighted by Gasteiger charge is -2.29. The first-order valence-corrected chi connectivity index (χ1v) is 9.02. The van der Waals surface area contributed by atoms with Crippen LogP contribution in [-0.2, 0) is 4.79 Å². The summed E-state index contributed by atoms with van der Waals surface area (Å²) in [6.45, 7) is 2.29. The average molecular weight is 376 g/mol. The van der Waals surface area contributed by atoms with Gasteiger partial charge < -0.3 is 10.1 Å². The molecule has 2 aromatic rings. The van der Waals surface area contributed by atoms with Crippen LogP contribution in [0.25, 0.3) is 10.8 Å². The molecule has 1 aliphatic carbocycles. The fraction of sp³-hybridized carbons (Fsp3) is 0.421. The summed E-state index contributed by atoms with van der Waals surface area (Å²) in [5.74, 6) is 1.26. The Morgan fingerprint density at radius 1 is 1.17 bits per heavy atom. The van der Waals surface area contributed by atoms with E-state index in [0.29, 0.717) is 12.0 Å². The minimum absolute atomic E-state index is 0.0281. The third kappa shape index (κ3) is 4.25. The van der Waals surface area contributed by atoms with Crippen LogP contribution in [0.15, 0.2) is 40.9 Å². The standard InChI is InChI=1S/C19H22BrNO2/c1-13-4-2-3-5-18(13)21-19(22)12-23-17-9-7-14-10-16(20)8-6-15(14)11-17/h6-11,13,18H,2-5,12H2,1H3,(H,21,22)/t13-,18-/m1/s1. The first-order valence-electron chi connectivity index (χ1n) is 8.23. The molecule has 122 valence electrons. The zero-order chi connectivity index (χ0) is 16.2. The third-order valence-corrected chi connectivity index (χ3v) is 5.09. The number of carbonyl (C=O) groups excluding carboxylic acids is 1. The predicted molar refractivity (Wildman–Crippen MR) is 96.7 cm³/mol. The van der Waals surface area contributed by atoms with Crippen molar-refractivity contribution in [3.05, 3.63) is 40.9 Å². The summed E-state index contributed by atoms with van der Waals surface area (Å²) >= 11 is 3.47. The topological polar surface area (TPSA) is 38.3 Å². The lowest BCUT2D eigenvalue weighted by molar-refractivity contribution is -0.124. The van der Waals surface area contributed by atoms with E-state index in [4.69, 9.17) is 4.74 Å². The molecule has 4 heteroatoms. The summed E-state index contributed by atoms with van der Waals surface area (Å²) in [4.78, 5) is 12.1. The predicted octanol–water partition coefficient (Wildman–Crippen LogP) is 4.68. The lowest BCUT2D eigenvalue weighted by Crippen LogP contribution is -2.43. The lowest BCUT2D eigenvalue weighted by atomic mass is 9.86. The molecule has 1 N–H and O–H groups in total. The number of rotatable bonds is 4. The summed E-state index contributed by atoms with van der Waals surface area (Å²) in [5, 5.41) is 5.36. The van der Waals surface area contributed by atoms with Gasteiger partial charge in [-0.1, -0.05) is 47.8 Å². The summed E-state index contributed by atoms with van der Waals surface area (Å²) in [6, 6.07) is 12.3. The Bertz CT molecular complexity index is 701. The highest BCUT2D eigenvalue weighted by Crippen LogP contribution is 2.25. The second-order valence-corrected chi connectivity index (χ2v) is 7.29. The van der Waals surface area contributed by atoms with E-state index in [9.17, 15) is 4.79 Å². The Kier molecular flexibility index (Phi) is 5.21. The van der Waals surface area contributed by atoms with Gasteiger partial charge in [0, 0.05) is 10.5 Å². The van der Waals surface area contributed by atoms with Crippen molar-refractivity contribution in [1.82, 2.24) is 5.32 Å². The van der Waals surface area contributed by atoms with Crippen LogP contribution < -0.4 is 10.1 Å². The van der Waals surface area contributed by atoms with E-state index in [-0.39, 0.29) is 12.5 Å². The van der Waals surface area contributed by atoms with E-state index in [0.717, 1.165) is 27.4 Å². The summed E-state index contributed by atoms with van der Waals surface area (Å²) in [5.41, 5.74) is 0. The third-order valence-electron chi connectivity index (χ3n) is 4.60. The molecule has 0 radical (unpaired) electrons. The molecule has 0 saturated heterocycles. The average Bonchev–Trinajstić information content (AvgIpc) is 2.55. The highest BCUT2D eigenvalue weighted by atomic mass is 79.9.